The summed E-state index contributed by atoms with van der Waals surface area (Å²) in [5.74, 6) is 0.729. The number of carbonyl (C=O) groups is 2. The van der Waals surface area contributed by atoms with Crippen LogP contribution in [0.5, 0.6) is 0 Å². The van der Waals surface area contributed by atoms with Crippen LogP contribution in [0.2, 0.25) is 0 Å². The topological polar surface area (TPSA) is 90.0 Å². The fraction of sp³-hybridized carbons (Fsp3) is 0.704. The Bertz CT molecular complexity index is 1150. The van der Waals surface area contributed by atoms with E-state index in [0.29, 0.717) is 24.2 Å². The molecule has 1 heterocycles. The highest BCUT2D eigenvalue weighted by Gasteiger charge is 2.79. The Morgan fingerprint density at radius 3 is 2.47 bits per heavy atom. The van der Waals surface area contributed by atoms with Gasteiger partial charge in [-0.1, -0.05) is 32.0 Å². The van der Waals surface area contributed by atoms with Gasteiger partial charge in [-0.25, -0.2) is 8.42 Å². The minimum Gasteiger partial charge on any atom is -0.462 e. The standard InChI is InChI=1S/C27H34O6S/c1-16(28)32-22-10-9-19-18-11-14-27-24(33-27)23(29)21(34(30,31)17-7-5-4-6-8-17)15-26(27,3)20(18)12-13-25(19,22)2/h4-8,18-22,24H,9-15H2,1-3H3/t18-,19-,20-,21?,22-,24+,25-,26+,27+/m0/s1. The molecule has 184 valence electrons. The number of ketones is 1. The molecule has 5 aliphatic rings. The molecule has 5 fully saturated rings. The second-order valence-corrected chi connectivity index (χ2v) is 14.0. The third-order valence-corrected chi connectivity index (χ3v) is 12.7. The van der Waals surface area contributed by atoms with Crippen molar-refractivity contribution in [2.45, 2.75) is 93.7 Å². The van der Waals surface area contributed by atoms with E-state index < -0.39 is 26.8 Å². The molecule has 4 saturated carbocycles. The zero-order valence-corrected chi connectivity index (χ0v) is 21.0. The number of hydrogen-bond donors (Lipinski definition) is 0. The van der Waals surface area contributed by atoms with Gasteiger partial charge in [-0.2, -0.15) is 0 Å². The van der Waals surface area contributed by atoms with Crippen molar-refractivity contribution in [1.29, 1.82) is 0 Å². The maximum atomic E-state index is 13.6. The van der Waals surface area contributed by atoms with E-state index >= 15 is 0 Å². The number of esters is 1. The van der Waals surface area contributed by atoms with Gasteiger partial charge in [-0.3, -0.25) is 9.59 Å². The van der Waals surface area contributed by atoms with Crippen molar-refractivity contribution in [3.05, 3.63) is 30.3 Å². The summed E-state index contributed by atoms with van der Waals surface area (Å²) in [6.07, 6.45) is 5.34. The van der Waals surface area contributed by atoms with E-state index in [0.717, 1.165) is 38.5 Å². The van der Waals surface area contributed by atoms with E-state index in [9.17, 15) is 18.0 Å². The second-order valence-electron chi connectivity index (χ2n) is 11.9. The minimum atomic E-state index is -3.79. The van der Waals surface area contributed by atoms with Crippen LogP contribution in [0, 0.1) is 28.6 Å². The molecule has 0 amide bonds. The molecule has 6 nitrogen and oxygen atoms in total. The van der Waals surface area contributed by atoms with Gasteiger partial charge >= 0.3 is 5.97 Å². The molecule has 1 spiro atoms. The predicted molar refractivity (Wildman–Crippen MR) is 125 cm³/mol. The highest BCUT2D eigenvalue weighted by molar-refractivity contribution is 7.92. The Balaban J connectivity index is 1.34. The molecule has 1 unspecified atom stereocenters. The van der Waals surface area contributed by atoms with Gasteiger partial charge in [0, 0.05) is 17.8 Å². The number of epoxide rings is 1. The van der Waals surface area contributed by atoms with Gasteiger partial charge in [0.25, 0.3) is 0 Å². The quantitative estimate of drug-likeness (QED) is 0.472. The Hall–Kier alpha value is -1.73. The van der Waals surface area contributed by atoms with Crippen LogP contribution in [-0.4, -0.2) is 43.2 Å². The molecule has 0 aromatic heterocycles. The Kier molecular flexibility index (Phi) is 4.78. The zero-order chi connectivity index (χ0) is 24.1. The van der Waals surface area contributed by atoms with Crippen molar-refractivity contribution in [1.82, 2.24) is 0 Å². The Morgan fingerprint density at radius 1 is 1.03 bits per heavy atom. The number of benzene rings is 1. The number of carbonyl (C=O) groups excluding carboxylic acids is 2. The fourth-order valence-corrected chi connectivity index (χ4v) is 10.8. The first-order chi connectivity index (χ1) is 16.0. The molecule has 0 N–H and O–H groups in total. The van der Waals surface area contributed by atoms with E-state index in [-0.39, 0.29) is 33.6 Å². The van der Waals surface area contributed by atoms with Crippen molar-refractivity contribution >= 4 is 21.6 Å². The highest BCUT2D eigenvalue weighted by Crippen LogP contribution is 2.72. The van der Waals surface area contributed by atoms with E-state index in [1.807, 2.05) is 0 Å². The Morgan fingerprint density at radius 2 is 1.76 bits per heavy atom. The van der Waals surface area contributed by atoms with Gasteiger partial charge in [-0.05, 0) is 74.8 Å². The van der Waals surface area contributed by atoms with Crippen LogP contribution in [0.3, 0.4) is 0 Å². The van der Waals surface area contributed by atoms with Gasteiger partial charge in [0.15, 0.2) is 15.6 Å². The summed E-state index contributed by atoms with van der Waals surface area (Å²) in [7, 11) is -3.79. The normalized spacial score (nSPS) is 47.1. The van der Waals surface area contributed by atoms with Gasteiger partial charge in [0.05, 0.1) is 4.90 Å². The van der Waals surface area contributed by atoms with E-state index in [1.165, 1.54) is 6.92 Å². The average molecular weight is 487 g/mol. The summed E-state index contributed by atoms with van der Waals surface area (Å²) in [5.41, 5.74) is -0.894. The van der Waals surface area contributed by atoms with E-state index in [1.54, 1.807) is 30.3 Å². The van der Waals surface area contributed by atoms with E-state index in [4.69, 9.17) is 9.47 Å². The third-order valence-electron chi connectivity index (χ3n) is 10.6. The fourth-order valence-electron chi connectivity index (χ4n) is 8.91. The molecule has 9 atom stereocenters. The maximum Gasteiger partial charge on any atom is 0.302 e. The molecule has 1 aromatic carbocycles. The number of ether oxygens (including phenoxy) is 2. The molecule has 7 heteroatoms. The average Bonchev–Trinajstić information content (AvgIpc) is 3.46. The molecule has 0 radical (unpaired) electrons. The number of hydrogen-bond acceptors (Lipinski definition) is 6. The molecule has 1 aromatic rings. The van der Waals surface area contributed by atoms with Crippen molar-refractivity contribution < 1.29 is 27.5 Å². The van der Waals surface area contributed by atoms with Crippen LogP contribution >= 0.6 is 0 Å². The van der Waals surface area contributed by atoms with Crippen molar-refractivity contribution in [2.24, 2.45) is 28.6 Å². The maximum absolute atomic E-state index is 13.6. The second kappa shape index (κ2) is 7.16. The van der Waals surface area contributed by atoms with Crippen molar-refractivity contribution in [2.75, 3.05) is 0 Å². The summed E-state index contributed by atoms with van der Waals surface area (Å²) >= 11 is 0. The zero-order valence-electron chi connectivity index (χ0n) is 20.2. The number of Topliss-reactive ketones (excluding diaryl/α,β-unsaturated/α-hetero) is 1. The molecule has 1 aliphatic heterocycles. The molecular formula is C27H34O6S. The van der Waals surface area contributed by atoms with Crippen LogP contribution in [0.4, 0.5) is 0 Å². The minimum absolute atomic E-state index is 0.0302. The number of sulfone groups is 1. The lowest BCUT2D eigenvalue weighted by Gasteiger charge is -2.59. The molecule has 0 bridgehead atoms. The number of fused-ring (bicyclic) bond motifs is 4. The number of rotatable bonds is 3. The van der Waals surface area contributed by atoms with Crippen LogP contribution in [-0.2, 0) is 28.9 Å². The first-order valence-electron chi connectivity index (χ1n) is 12.7. The SMILES string of the molecule is CC(=O)O[C@H]1CC[C@H]2[C@@H]3CC[C@@]45O[C@@H]4C(=O)C(S(=O)(=O)c4ccccc4)C[C@]5(C)[C@H]3CC[C@]12C. The third kappa shape index (κ3) is 2.80. The van der Waals surface area contributed by atoms with Gasteiger partial charge in [0.2, 0.25) is 0 Å². The van der Waals surface area contributed by atoms with Crippen LogP contribution < -0.4 is 0 Å². The van der Waals surface area contributed by atoms with Crippen molar-refractivity contribution in [3.8, 4) is 0 Å². The summed E-state index contributed by atoms with van der Waals surface area (Å²) in [4.78, 5) is 25.3. The van der Waals surface area contributed by atoms with Crippen molar-refractivity contribution in [3.63, 3.8) is 0 Å². The molecular weight excluding hydrogens is 452 g/mol. The first kappa shape index (κ1) is 22.7. The predicted octanol–water partition coefficient (Wildman–Crippen LogP) is 4.11. The van der Waals surface area contributed by atoms with Crippen LogP contribution in [0.15, 0.2) is 35.2 Å². The van der Waals surface area contributed by atoms with Crippen LogP contribution in [0.1, 0.15) is 65.7 Å². The molecule has 4 aliphatic carbocycles. The Labute approximate surface area is 201 Å². The lowest BCUT2D eigenvalue weighted by atomic mass is 9.45. The summed E-state index contributed by atoms with van der Waals surface area (Å²) in [5, 5.41) is -1.05. The molecule has 6 rings (SSSR count). The largest absolute Gasteiger partial charge is 0.462 e. The highest BCUT2D eigenvalue weighted by atomic mass is 32.2. The summed E-state index contributed by atoms with van der Waals surface area (Å²) < 4.78 is 39.2. The van der Waals surface area contributed by atoms with E-state index in [2.05, 4.69) is 13.8 Å². The lowest BCUT2D eigenvalue weighted by Crippen LogP contribution is -2.61. The summed E-state index contributed by atoms with van der Waals surface area (Å²) in [6, 6.07) is 8.37. The lowest BCUT2D eigenvalue weighted by molar-refractivity contribution is -0.161. The van der Waals surface area contributed by atoms with Gasteiger partial charge in [0.1, 0.15) is 23.1 Å². The summed E-state index contributed by atoms with van der Waals surface area (Å²) in [6.45, 7) is 5.97. The molecule has 34 heavy (non-hydrogen) atoms. The van der Waals surface area contributed by atoms with Gasteiger partial charge in [-0.15, -0.1) is 0 Å². The smallest absolute Gasteiger partial charge is 0.302 e. The van der Waals surface area contributed by atoms with Crippen LogP contribution in [0.25, 0.3) is 0 Å². The molecule has 1 saturated heterocycles. The van der Waals surface area contributed by atoms with Gasteiger partial charge < -0.3 is 9.47 Å². The first-order valence-corrected chi connectivity index (χ1v) is 14.3. The monoisotopic (exact) mass is 486 g/mol.